The molecule has 20 heavy (non-hydrogen) atoms. The number of aryl methyl sites for hydroxylation is 2. The first-order valence-corrected chi connectivity index (χ1v) is 7.00. The molecule has 0 fully saturated rings. The Labute approximate surface area is 119 Å². The highest BCUT2D eigenvalue weighted by atomic mass is 16.1. The molecule has 1 aromatic heterocycles. The molecule has 0 atom stereocenters. The van der Waals surface area contributed by atoms with Crippen molar-refractivity contribution in [2.75, 3.05) is 11.1 Å². The smallest absolute Gasteiger partial charge is 0.272 e. The first kappa shape index (κ1) is 14.2. The van der Waals surface area contributed by atoms with Gasteiger partial charge in [0.05, 0.1) is 5.69 Å². The molecule has 3 N–H and O–H groups in total. The van der Waals surface area contributed by atoms with Crippen molar-refractivity contribution in [3.63, 3.8) is 0 Å². The third kappa shape index (κ3) is 3.20. The number of hydrogen-bond acceptors (Lipinski definition) is 2. The lowest BCUT2D eigenvalue weighted by Gasteiger charge is -2.09. The summed E-state index contributed by atoms with van der Waals surface area (Å²) in [7, 11) is 0. The Kier molecular flexibility index (Phi) is 4.45. The van der Waals surface area contributed by atoms with Gasteiger partial charge in [0.2, 0.25) is 0 Å². The SMILES string of the molecule is CCCn1cc(N)cc1C(=O)Nc1cccc(CC)c1. The standard InChI is InChI=1S/C16H21N3O/c1-3-8-19-11-13(17)10-15(19)16(20)18-14-7-5-6-12(4-2)9-14/h5-7,9-11H,3-4,8,17H2,1-2H3,(H,18,20). The lowest BCUT2D eigenvalue weighted by atomic mass is 10.1. The van der Waals surface area contributed by atoms with E-state index in [9.17, 15) is 4.79 Å². The van der Waals surface area contributed by atoms with Gasteiger partial charge in [0, 0.05) is 18.4 Å². The van der Waals surface area contributed by atoms with E-state index in [1.165, 1.54) is 5.56 Å². The van der Waals surface area contributed by atoms with Crippen LogP contribution in [-0.4, -0.2) is 10.5 Å². The number of nitrogens with two attached hydrogens (primary N) is 1. The van der Waals surface area contributed by atoms with Crippen LogP contribution in [0.4, 0.5) is 11.4 Å². The fourth-order valence-electron chi connectivity index (χ4n) is 2.21. The quantitative estimate of drug-likeness (QED) is 0.876. The minimum Gasteiger partial charge on any atom is -0.397 e. The lowest BCUT2D eigenvalue weighted by Crippen LogP contribution is -2.16. The second kappa shape index (κ2) is 6.28. The summed E-state index contributed by atoms with van der Waals surface area (Å²) < 4.78 is 1.90. The van der Waals surface area contributed by atoms with Crippen molar-refractivity contribution in [2.45, 2.75) is 33.2 Å². The molecule has 0 saturated carbocycles. The van der Waals surface area contributed by atoms with Crippen LogP contribution in [0, 0.1) is 0 Å². The van der Waals surface area contributed by atoms with Gasteiger partial charge >= 0.3 is 0 Å². The number of rotatable bonds is 5. The second-order valence-electron chi connectivity index (χ2n) is 4.86. The Bertz CT molecular complexity index is 602. The number of nitrogens with zero attached hydrogens (tertiary/aromatic N) is 1. The maximum Gasteiger partial charge on any atom is 0.272 e. The highest BCUT2D eigenvalue weighted by molar-refractivity contribution is 6.03. The number of amides is 1. The molecule has 0 aliphatic heterocycles. The van der Waals surface area contributed by atoms with E-state index in [4.69, 9.17) is 5.73 Å². The summed E-state index contributed by atoms with van der Waals surface area (Å²) in [6.45, 7) is 4.95. The van der Waals surface area contributed by atoms with Gasteiger partial charge in [-0.25, -0.2) is 0 Å². The predicted molar refractivity (Wildman–Crippen MR) is 82.9 cm³/mol. The van der Waals surface area contributed by atoms with E-state index in [-0.39, 0.29) is 5.91 Å². The summed E-state index contributed by atoms with van der Waals surface area (Å²) in [5, 5.41) is 2.93. The molecular formula is C16H21N3O. The lowest BCUT2D eigenvalue weighted by molar-refractivity contribution is 0.101. The van der Waals surface area contributed by atoms with E-state index in [0.717, 1.165) is 25.1 Å². The maximum atomic E-state index is 12.3. The van der Waals surface area contributed by atoms with Gasteiger partial charge in [-0.1, -0.05) is 26.0 Å². The minimum atomic E-state index is -0.122. The van der Waals surface area contributed by atoms with Crippen LogP contribution < -0.4 is 11.1 Å². The van der Waals surface area contributed by atoms with Crippen LogP contribution in [0.2, 0.25) is 0 Å². The normalized spacial score (nSPS) is 10.5. The topological polar surface area (TPSA) is 60.0 Å². The molecule has 0 aliphatic rings. The first-order valence-electron chi connectivity index (χ1n) is 7.00. The summed E-state index contributed by atoms with van der Waals surface area (Å²) in [5.41, 5.74) is 9.02. The average molecular weight is 271 g/mol. The van der Waals surface area contributed by atoms with E-state index >= 15 is 0 Å². The zero-order valence-electron chi connectivity index (χ0n) is 12.0. The van der Waals surface area contributed by atoms with E-state index < -0.39 is 0 Å². The number of anilines is 2. The highest BCUT2D eigenvalue weighted by Gasteiger charge is 2.12. The van der Waals surface area contributed by atoms with Gasteiger partial charge in [-0.3, -0.25) is 4.79 Å². The zero-order chi connectivity index (χ0) is 14.5. The van der Waals surface area contributed by atoms with E-state index in [0.29, 0.717) is 11.4 Å². The van der Waals surface area contributed by atoms with E-state index in [2.05, 4.69) is 19.2 Å². The van der Waals surface area contributed by atoms with Crippen molar-refractivity contribution in [3.05, 3.63) is 47.8 Å². The van der Waals surface area contributed by atoms with Gasteiger partial charge in [-0.15, -0.1) is 0 Å². The van der Waals surface area contributed by atoms with Gasteiger partial charge in [0.25, 0.3) is 5.91 Å². The molecule has 1 aromatic carbocycles. The fraction of sp³-hybridized carbons (Fsp3) is 0.312. The molecule has 106 valence electrons. The molecule has 4 nitrogen and oxygen atoms in total. The van der Waals surface area contributed by atoms with Crippen LogP contribution in [0.5, 0.6) is 0 Å². The molecule has 0 bridgehead atoms. The number of benzene rings is 1. The molecule has 1 amide bonds. The number of hydrogen-bond donors (Lipinski definition) is 2. The van der Waals surface area contributed by atoms with E-state index in [1.54, 1.807) is 12.3 Å². The third-order valence-electron chi connectivity index (χ3n) is 3.21. The largest absolute Gasteiger partial charge is 0.397 e. The van der Waals surface area contributed by atoms with Crippen molar-refractivity contribution < 1.29 is 4.79 Å². The van der Waals surface area contributed by atoms with Crippen molar-refractivity contribution in [3.8, 4) is 0 Å². The Morgan fingerprint density at radius 1 is 1.30 bits per heavy atom. The molecule has 0 radical (unpaired) electrons. The molecule has 4 heteroatoms. The van der Waals surface area contributed by atoms with Crippen LogP contribution >= 0.6 is 0 Å². The van der Waals surface area contributed by atoms with Crippen LogP contribution in [0.15, 0.2) is 36.5 Å². The Hall–Kier alpha value is -2.23. The Morgan fingerprint density at radius 2 is 2.10 bits per heavy atom. The predicted octanol–water partition coefficient (Wildman–Crippen LogP) is 3.30. The summed E-state index contributed by atoms with van der Waals surface area (Å²) in [5.74, 6) is -0.122. The molecule has 2 rings (SSSR count). The van der Waals surface area contributed by atoms with Gasteiger partial charge in [0.1, 0.15) is 5.69 Å². The van der Waals surface area contributed by atoms with Gasteiger partial charge in [-0.05, 0) is 36.6 Å². The van der Waals surface area contributed by atoms with Crippen molar-refractivity contribution in [1.82, 2.24) is 4.57 Å². The van der Waals surface area contributed by atoms with Crippen molar-refractivity contribution in [2.24, 2.45) is 0 Å². The Morgan fingerprint density at radius 3 is 2.80 bits per heavy atom. The van der Waals surface area contributed by atoms with Crippen molar-refractivity contribution in [1.29, 1.82) is 0 Å². The van der Waals surface area contributed by atoms with Crippen LogP contribution in [-0.2, 0) is 13.0 Å². The number of nitrogen functional groups attached to an aromatic ring is 1. The zero-order valence-corrected chi connectivity index (χ0v) is 12.0. The number of carbonyl (C=O) groups is 1. The molecule has 0 aliphatic carbocycles. The summed E-state index contributed by atoms with van der Waals surface area (Å²) in [4.78, 5) is 12.3. The summed E-state index contributed by atoms with van der Waals surface area (Å²) in [6, 6.07) is 9.61. The van der Waals surface area contributed by atoms with Gasteiger partial charge < -0.3 is 15.6 Å². The van der Waals surface area contributed by atoms with Gasteiger partial charge in [-0.2, -0.15) is 0 Å². The molecule has 0 unspecified atom stereocenters. The molecule has 0 spiro atoms. The number of nitrogens with one attached hydrogen (secondary N) is 1. The maximum absolute atomic E-state index is 12.3. The third-order valence-corrected chi connectivity index (χ3v) is 3.21. The van der Waals surface area contributed by atoms with Crippen LogP contribution in [0.25, 0.3) is 0 Å². The monoisotopic (exact) mass is 271 g/mol. The highest BCUT2D eigenvalue weighted by Crippen LogP contribution is 2.16. The summed E-state index contributed by atoms with van der Waals surface area (Å²) in [6.07, 6.45) is 3.71. The van der Waals surface area contributed by atoms with Gasteiger partial charge in [0.15, 0.2) is 0 Å². The second-order valence-corrected chi connectivity index (χ2v) is 4.86. The summed E-state index contributed by atoms with van der Waals surface area (Å²) >= 11 is 0. The molecule has 2 aromatic rings. The molecule has 0 saturated heterocycles. The number of carbonyl (C=O) groups excluding carboxylic acids is 1. The first-order chi connectivity index (χ1) is 9.63. The van der Waals surface area contributed by atoms with E-state index in [1.807, 2.05) is 28.8 Å². The molecular weight excluding hydrogens is 250 g/mol. The Balaban J connectivity index is 2.19. The molecule has 1 heterocycles. The van der Waals surface area contributed by atoms with Crippen molar-refractivity contribution >= 4 is 17.3 Å². The fourth-order valence-corrected chi connectivity index (χ4v) is 2.21. The van der Waals surface area contributed by atoms with Crippen LogP contribution in [0.3, 0.4) is 0 Å². The van der Waals surface area contributed by atoms with Crippen LogP contribution in [0.1, 0.15) is 36.3 Å². The average Bonchev–Trinajstić information content (AvgIpc) is 2.80. The minimum absolute atomic E-state index is 0.122. The number of aromatic nitrogens is 1.